The molecule has 2 aliphatic carbocycles. The van der Waals surface area contributed by atoms with Gasteiger partial charge in [-0.2, -0.15) is 0 Å². The van der Waals surface area contributed by atoms with E-state index in [4.69, 9.17) is 16.3 Å². The largest absolute Gasteiger partial charge is 0.452 e. The Morgan fingerprint density at radius 1 is 0.857 bits per heavy atom. The number of carbonyl (C=O) groups is 5. The van der Waals surface area contributed by atoms with E-state index in [1.807, 2.05) is 12.2 Å². The zero-order valence-corrected chi connectivity index (χ0v) is 19.0. The maximum absolute atomic E-state index is 12.9. The highest BCUT2D eigenvalue weighted by Gasteiger charge is 2.59. The highest BCUT2D eigenvalue weighted by molar-refractivity contribution is 6.30. The van der Waals surface area contributed by atoms with Gasteiger partial charge in [-0.1, -0.05) is 23.8 Å². The van der Waals surface area contributed by atoms with E-state index < -0.39 is 24.4 Å². The normalized spacial score (nSPS) is 23.9. The Hall–Kier alpha value is -3.98. The molecule has 0 unspecified atom stereocenters. The molecule has 1 saturated carbocycles. The Balaban J connectivity index is 1.13. The highest BCUT2D eigenvalue weighted by Crippen LogP contribution is 2.53. The summed E-state index contributed by atoms with van der Waals surface area (Å²) in [7, 11) is 0. The smallest absolute Gasteiger partial charge is 0.338 e. The number of hydrogen-bond acceptors (Lipinski definition) is 6. The fourth-order valence-corrected chi connectivity index (χ4v) is 5.08. The SMILES string of the molecule is O=C(COC(=O)c1ccc(N2C(=O)[C@@H]3[C@H](C2=O)[C@H]2C=C[C@H]3C2)cc1)NNC(=O)c1ccc(Cl)cc1. The molecule has 0 radical (unpaired) electrons. The Morgan fingerprint density at radius 3 is 2.03 bits per heavy atom. The molecule has 3 aliphatic rings. The number of imide groups is 1. The van der Waals surface area contributed by atoms with Crippen molar-refractivity contribution in [2.75, 3.05) is 11.5 Å². The number of carbonyl (C=O) groups excluding carboxylic acids is 5. The zero-order valence-electron chi connectivity index (χ0n) is 18.3. The van der Waals surface area contributed by atoms with Crippen LogP contribution in [0.5, 0.6) is 0 Å². The number of nitrogens with zero attached hydrogens (tertiary/aromatic N) is 1. The molecule has 35 heavy (non-hydrogen) atoms. The van der Waals surface area contributed by atoms with Crippen LogP contribution >= 0.6 is 11.6 Å². The molecule has 1 heterocycles. The van der Waals surface area contributed by atoms with Crippen LogP contribution in [-0.2, 0) is 19.1 Å². The van der Waals surface area contributed by atoms with Gasteiger partial charge in [0.25, 0.3) is 11.8 Å². The second-order valence-corrected chi connectivity index (χ2v) is 9.08. The minimum Gasteiger partial charge on any atom is -0.452 e. The van der Waals surface area contributed by atoms with E-state index in [9.17, 15) is 24.0 Å². The molecule has 0 spiro atoms. The minimum atomic E-state index is -0.770. The molecule has 2 fully saturated rings. The van der Waals surface area contributed by atoms with Crippen LogP contribution in [-0.4, -0.2) is 36.2 Å². The lowest BCUT2D eigenvalue weighted by atomic mass is 9.85. The third-order valence-electron chi connectivity index (χ3n) is 6.59. The summed E-state index contributed by atoms with van der Waals surface area (Å²) in [6.07, 6.45) is 4.90. The number of allylic oxidation sites excluding steroid dienone is 2. The average molecular weight is 494 g/mol. The first-order valence-corrected chi connectivity index (χ1v) is 11.4. The number of fused-ring (bicyclic) bond motifs is 5. The Morgan fingerprint density at radius 2 is 1.43 bits per heavy atom. The Labute approximate surface area is 205 Å². The maximum Gasteiger partial charge on any atom is 0.338 e. The summed E-state index contributed by atoms with van der Waals surface area (Å²) < 4.78 is 4.97. The van der Waals surface area contributed by atoms with Crippen molar-refractivity contribution in [2.24, 2.45) is 23.7 Å². The van der Waals surface area contributed by atoms with Crippen LogP contribution < -0.4 is 15.8 Å². The summed E-state index contributed by atoms with van der Waals surface area (Å²) in [5.74, 6) is -2.86. The van der Waals surface area contributed by atoms with Crippen molar-refractivity contribution >= 4 is 46.9 Å². The number of halogens is 1. The van der Waals surface area contributed by atoms with Gasteiger partial charge in [-0.3, -0.25) is 34.9 Å². The second-order valence-electron chi connectivity index (χ2n) is 8.64. The summed E-state index contributed by atoms with van der Waals surface area (Å²) in [5.41, 5.74) is 5.19. The molecule has 2 aromatic carbocycles. The fraction of sp³-hybridized carbons (Fsp3) is 0.240. The topological polar surface area (TPSA) is 122 Å². The van der Waals surface area contributed by atoms with Crippen molar-refractivity contribution in [2.45, 2.75) is 6.42 Å². The fourth-order valence-electron chi connectivity index (χ4n) is 4.95. The summed E-state index contributed by atoms with van der Waals surface area (Å²) in [5, 5.41) is 0.468. The van der Waals surface area contributed by atoms with Crippen LogP contribution in [0.25, 0.3) is 0 Å². The number of rotatable bonds is 5. The molecular formula is C25H20ClN3O6. The molecule has 178 valence electrons. The van der Waals surface area contributed by atoms with Gasteiger partial charge in [0.2, 0.25) is 11.8 Å². The zero-order chi connectivity index (χ0) is 24.7. The lowest BCUT2D eigenvalue weighted by Crippen LogP contribution is -2.43. The number of anilines is 1. The number of benzene rings is 2. The maximum atomic E-state index is 12.9. The number of esters is 1. The van der Waals surface area contributed by atoms with Crippen molar-refractivity contribution in [1.82, 2.24) is 10.9 Å². The predicted molar refractivity (Wildman–Crippen MR) is 124 cm³/mol. The third kappa shape index (κ3) is 4.19. The van der Waals surface area contributed by atoms with Gasteiger partial charge >= 0.3 is 5.97 Å². The van der Waals surface area contributed by atoms with Crippen molar-refractivity contribution in [3.8, 4) is 0 Å². The van der Waals surface area contributed by atoms with Crippen LogP contribution in [0, 0.1) is 23.7 Å². The van der Waals surface area contributed by atoms with Crippen LogP contribution in [0.15, 0.2) is 60.7 Å². The van der Waals surface area contributed by atoms with Crippen LogP contribution in [0.4, 0.5) is 5.69 Å². The molecule has 1 aliphatic heterocycles. The van der Waals surface area contributed by atoms with Crippen molar-refractivity contribution in [3.63, 3.8) is 0 Å². The van der Waals surface area contributed by atoms with E-state index in [0.29, 0.717) is 10.7 Å². The quantitative estimate of drug-likeness (QED) is 0.285. The first-order valence-electron chi connectivity index (χ1n) is 11.0. The van der Waals surface area contributed by atoms with Gasteiger partial charge in [-0.25, -0.2) is 4.79 Å². The van der Waals surface area contributed by atoms with Gasteiger partial charge < -0.3 is 4.74 Å². The summed E-state index contributed by atoms with van der Waals surface area (Å²) in [4.78, 5) is 63.2. The Bertz CT molecular complexity index is 1230. The summed E-state index contributed by atoms with van der Waals surface area (Å²) in [6, 6.07) is 11.9. The van der Waals surface area contributed by atoms with Gasteiger partial charge in [0.15, 0.2) is 6.61 Å². The van der Waals surface area contributed by atoms with E-state index in [2.05, 4.69) is 10.9 Å². The molecule has 0 aromatic heterocycles. The predicted octanol–water partition coefficient (Wildman–Crippen LogP) is 2.27. The number of nitrogens with one attached hydrogen (secondary N) is 2. The lowest BCUT2D eigenvalue weighted by molar-refractivity contribution is -0.125. The van der Waals surface area contributed by atoms with Gasteiger partial charge in [-0.15, -0.1) is 0 Å². The third-order valence-corrected chi connectivity index (χ3v) is 6.84. The minimum absolute atomic E-state index is 0.114. The average Bonchev–Trinajstić information content (AvgIpc) is 3.55. The summed E-state index contributed by atoms with van der Waals surface area (Å²) in [6.45, 7) is -0.621. The van der Waals surface area contributed by atoms with Gasteiger partial charge in [0.1, 0.15) is 0 Å². The molecule has 1 saturated heterocycles. The molecule has 2 N–H and O–H groups in total. The number of hydrazine groups is 1. The lowest BCUT2D eigenvalue weighted by Gasteiger charge is -2.17. The number of amides is 4. The molecule has 2 aromatic rings. The first kappa shape index (κ1) is 22.8. The highest BCUT2D eigenvalue weighted by atomic mass is 35.5. The van der Waals surface area contributed by atoms with E-state index >= 15 is 0 Å². The van der Waals surface area contributed by atoms with E-state index in [1.165, 1.54) is 53.4 Å². The monoisotopic (exact) mass is 493 g/mol. The number of ether oxygens (including phenoxy) is 1. The van der Waals surface area contributed by atoms with Crippen molar-refractivity contribution in [3.05, 3.63) is 76.8 Å². The van der Waals surface area contributed by atoms with Crippen molar-refractivity contribution in [1.29, 1.82) is 0 Å². The standard InChI is InChI=1S/C25H20ClN3O6/c26-17-7-3-13(4-8-17)22(31)28-27-19(30)12-35-25(34)14-5-9-18(10-6-14)29-23(32)20-15-1-2-16(11-15)21(20)24(29)33/h1-10,15-16,20-21H,11-12H2,(H,27,30)(H,28,31)/t15-,16-,20-,21+/m0/s1. The Kier molecular flexibility index (Phi) is 5.86. The van der Waals surface area contributed by atoms with Crippen LogP contribution in [0.1, 0.15) is 27.1 Å². The molecule has 4 atom stereocenters. The molecule has 4 amide bonds. The molecule has 5 rings (SSSR count). The van der Waals surface area contributed by atoms with E-state index in [0.717, 1.165) is 6.42 Å². The van der Waals surface area contributed by atoms with E-state index in [-0.39, 0.29) is 46.6 Å². The van der Waals surface area contributed by atoms with Crippen LogP contribution in [0.3, 0.4) is 0 Å². The van der Waals surface area contributed by atoms with Crippen molar-refractivity contribution < 1.29 is 28.7 Å². The van der Waals surface area contributed by atoms with Gasteiger partial charge in [0, 0.05) is 10.6 Å². The number of hydrogen-bond donors (Lipinski definition) is 2. The first-order chi connectivity index (χ1) is 16.8. The van der Waals surface area contributed by atoms with Gasteiger partial charge in [-0.05, 0) is 66.8 Å². The summed E-state index contributed by atoms with van der Waals surface area (Å²) >= 11 is 5.77. The van der Waals surface area contributed by atoms with E-state index in [1.54, 1.807) is 0 Å². The molecule has 10 heteroatoms. The molecule has 2 bridgehead atoms. The van der Waals surface area contributed by atoms with Gasteiger partial charge in [0.05, 0.1) is 23.1 Å². The molecular weight excluding hydrogens is 474 g/mol. The molecule has 9 nitrogen and oxygen atoms in total. The van der Waals surface area contributed by atoms with Crippen LogP contribution in [0.2, 0.25) is 5.02 Å². The second kappa shape index (κ2) is 8.99.